The van der Waals surface area contributed by atoms with E-state index in [0.29, 0.717) is 25.9 Å². The molecule has 1 amide bonds. The van der Waals surface area contributed by atoms with Crippen LogP contribution in [-0.2, 0) is 14.3 Å². The smallest absolute Gasteiger partial charge is 0.410 e. The lowest BCUT2D eigenvalue weighted by Gasteiger charge is -2.29. The van der Waals surface area contributed by atoms with Crippen LogP contribution >= 0.6 is 0 Å². The average Bonchev–Trinajstić information content (AvgIpc) is 2.35. The summed E-state index contributed by atoms with van der Waals surface area (Å²) in [6.45, 7) is 4.76. The number of carbonyl (C=O) groups is 2. The number of nitrogens with zero attached hydrogens (tertiary/aromatic N) is 1. The van der Waals surface area contributed by atoms with Crippen molar-refractivity contribution >= 4 is 12.1 Å². The van der Waals surface area contributed by atoms with Crippen LogP contribution in [0.25, 0.3) is 0 Å². The van der Waals surface area contributed by atoms with Crippen LogP contribution in [0.3, 0.4) is 0 Å². The maximum absolute atomic E-state index is 11.4. The molecule has 90 valence electrons. The number of carbonyl (C=O) groups excluding carboxylic acids is 2. The van der Waals surface area contributed by atoms with Crippen LogP contribution in [0, 0.1) is 5.92 Å². The summed E-state index contributed by atoms with van der Waals surface area (Å²) in [5.74, 6) is -0.285. The second-order valence-corrected chi connectivity index (χ2v) is 3.65. The molecule has 0 aromatic carbocycles. The lowest BCUT2D eigenvalue weighted by Crippen LogP contribution is -2.40. The molecule has 5 heteroatoms. The van der Waals surface area contributed by atoms with Gasteiger partial charge in [0, 0.05) is 13.1 Å². The number of piperidine rings is 1. The molecule has 0 atom stereocenters. The topological polar surface area (TPSA) is 55.8 Å². The van der Waals surface area contributed by atoms with Crippen LogP contribution < -0.4 is 0 Å². The van der Waals surface area contributed by atoms with E-state index in [1.165, 1.54) is 13.2 Å². The second-order valence-electron chi connectivity index (χ2n) is 3.65. The van der Waals surface area contributed by atoms with Crippen molar-refractivity contribution in [1.29, 1.82) is 0 Å². The SMILES string of the molecule is C=CCOC(=O)N1CCC(C(=O)OC)CC1. The predicted octanol–water partition coefficient (Wildman–Crippen LogP) is 1.19. The van der Waals surface area contributed by atoms with Crippen molar-refractivity contribution in [3.05, 3.63) is 12.7 Å². The van der Waals surface area contributed by atoms with Crippen molar-refractivity contribution in [1.82, 2.24) is 4.90 Å². The first-order valence-electron chi connectivity index (χ1n) is 5.29. The van der Waals surface area contributed by atoms with E-state index in [4.69, 9.17) is 4.74 Å². The number of esters is 1. The van der Waals surface area contributed by atoms with Crippen molar-refractivity contribution in [3.8, 4) is 0 Å². The van der Waals surface area contributed by atoms with Gasteiger partial charge in [0.05, 0.1) is 13.0 Å². The molecule has 0 bridgehead atoms. The molecule has 16 heavy (non-hydrogen) atoms. The second kappa shape index (κ2) is 6.15. The summed E-state index contributed by atoms with van der Waals surface area (Å²) < 4.78 is 9.57. The number of likely N-dealkylation sites (tertiary alicyclic amines) is 1. The largest absolute Gasteiger partial charge is 0.469 e. The number of ether oxygens (including phenoxy) is 2. The highest BCUT2D eigenvalue weighted by Crippen LogP contribution is 2.18. The van der Waals surface area contributed by atoms with Crippen molar-refractivity contribution in [3.63, 3.8) is 0 Å². The summed E-state index contributed by atoms with van der Waals surface area (Å²) in [5.41, 5.74) is 0. The first-order chi connectivity index (χ1) is 7.69. The third-order valence-corrected chi connectivity index (χ3v) is 2.61. The summed E-state index contributed by atoms with van der Waals surface area (Å²) in [6.07, 6.45) is 2.45. The molecule has 0 N–H and O–H groups in total. The van der Waals surface area contributed by atoms with Crippen LogP contribution in [0.2, 0.25) is 0 Å². The fraction of sp³-hybridized carbons (Fsp3) is 0.636. The Hall–Kier alpha value is -1.52. The zero-order chi connectivity index (χ0) is 12.0. The lowest BCUT2D eigenvalue weighted by molar-refractivity contribution is -0.146. The van der Waals surface area contributed by atoms with Crippen molar-refractivity contribution in [2.24, 2.45) is 5.92 Å². The van der Waals surface area contributed by atoms with Gasteiger partial charge in [0.2, 0.25) is 0 Å². The van der Waals surface area contributed by atoms with Crippen LogP contribution in [0.4, 0.5) is 4.79 Å². The molecule has 0 aromatic rings. The molecule has 1 aliphatic rings. The Morgan fingerprint density at radius 1 is 1.44 bits per heavy atom. The quantitative estimate of drug-likeness (QED) is 0.537. The van der Waals surface area contributed by atoms with Crippen LogP contribution in [0.1, 0.15) is 12.8 Å². The average molecular weight is 227 g/mol. The highest BCUT2D eigenvalue weighted by Gasteiger charge is 2.28. The van der Waals surface area contributed by atoms with Crippen molar-refractivity contribution in [2.75, 3.05) is 26.8 Å². The minimum absolute atomic E-state index is 0.0894. The van der Waals surface area contributed by atoms with Crippen molar-refractivity contribution in [2.45, 2.75) is 12.8 Å². The summed E-state index contributed by atoms with van der Waals surface area (Å²) in [5, 5.41) is 0. The fourth-order valence-electron chi connectivity index (χ4n) is 1.69. The molecule has 0 aromatic heterocycles. The van der Waals surface area contributed by atoms with Gasteiger partial charge in [-0.3, -0.25) is 4.79 Å². The van der Waals surface area contributed by atoms with E-state index in [1.54, 1.807) is 4.90 Å². The van der Waals surface area contributed by atoms with Gasteiger partial charge in [-0.05, 0) is 12.8 Å². The van der Waals surface area contributed by atoms with Crippen LogP contribution in [0.15, 0.2) is 12.7 Å². The van der Waals surface area contributed by atoms with E-state index in [1.807, 2.05) is 0 Å². The monoisotopic (exact) mass is 227 g/mol. The Labute approximate surface area is 95.0 Å². The van der Waals surface area contributed by atoms with Gasteiger partial charge in [-0.25, -0.2) is 4.79 Å². The zero-order valence-electron chi connectivity index (χ0n) is 9.48. The summed E-state index contributed by atoms with van der Waals surface area (Å²) in [7, 11) is 1.38. The van der Waals surface area contributed by atoms with Crippen molar-refractivity contribution < 1.29 is 19.1 Å². The van der Waals surface area contributed by atoms with E-state index in [2.05, 4.69) is 11.3 Å². The molecular formula is C11H17NO4. The Kier molecular flexibility index (Phi) is 4.82. The molecule has 1 aliphatic heterocycles. The third kappa shape index (κ3) is 3.25. The highest BCUT2D eigenvalue weighted by molar-refractivity contribution is 5.73. The minimum Gasteiger partial charge on any atom is -0.469 e. The standard InChI is InChI=1S/C11H17NO4/c1-3-8-16-11(14)12-6-4-9(5-7-12)10(13)15-2/h3,9H,1,4-8H2,2H3. The number of methoxy groups -OCH3 is 1. The molecule has 1 fully saturated rings. The number of amides is 1. The molecule has 1 saturated heterocycles. The molecule has 0 spiro atoms. The van der Waals surface area contributed by atoms with Gasteiger partial charge in [-0.15, -0.1) is 0 Å². The normalized spacial score (nSPS) is 16.7. The van der Waals surface area contributed by atoms with E-state index in [0.717, 1.165) is 0 Å². The molecule has 0 aliphatic carbocycles. The summed E-state index contributed by atoms with van der Waals surface area (Å²) >= 11 is 0. The first kappa shape index (κ1) is 12.5. The Morgan fingerprint density at radius 3 is 2.56 bits per heavy atom. The first-order valence-corrected chi connectivity index (χ1v) is 5.29. The molecule has 0 saturated carbocycles. The number of hydrogen-bond donors (Lipinski definition) is 0. The molecule has 0 unspecified atom stereocenters. The fourth-order valence-corrected chi connectivity index (χ4v) is 1.69. The van der Waals surface area contributed by atoms with Gasteiger partial charge in [-0.1, -0.05) is 12.7 Å². The van der Waals surface area contributed by atoms with Gasteiger partial charge in [0.25, 0.3) is 0 Å². The highest BCUT2D eigenvalue weighted by atomic mass is 16.6. The van der Waals surface area contributed by atoms with Gasteiger partial charge < -0.3 is 14.4 Å². The summed E-state index contributed by atoms with van der Waals surface area (Å²) in [4.78, 5) is 24.3. The molecule has 5 nitrogen and oxygen atoms in total. The predicted molar refractivity (Wildman–Crippen MR) is 57.9 cm³/mol. The maximum Gasteiger partial charge on any atom is 0.410 e. The van der Waals surface area contributed by atoms with Gasteiger partial charge in [-0.2, -0.15) is 0 Å². The van der Waals surface area contributed by atoms with E-state index in [-0.39, 0.29) is 24.6 Å². The Morgan fingerprint density at radius 2 is 2.06 bits per heavy atom. The molecule has 1 rings (SSSR count). The number of hydrogen-bond acceptors (Lipinski definition) is 4. The lowest BCUT2D eigenvalue weighted by atomic mass is 9.97. The van der Waals surface area contributed by atoms with Crippen LogP contribution in [0.5, 0.6) is 0 Å². The minimum atomic E-state index is -0.344. The van der Waals surface area contributed by atoms with E-state index in [9.17, 15) is 9.59 Å². The Balaban J connectivity index is 2.33. The maximum atomic E-state index is 11.4. The molecule has 0 radical (unpaired) electrons. The zero-order valence-corrected chi connectivity index (χ0v) is 9.48. The molecular weight excluding hydrogens is 210 g/mol. The summed E-state index contributed by atoms with van der Waals surface area (Å²) in [6, 6.07) is 0. The van der Waals surface area contributed by atoms with Gasteiger partial charge in [0.15, 0.2) is 0 Å². The Bertz CT molecular complexity index is 269. The van der Waals surface area contributed by atoms with Crippen LogP contribution in [-0.4, -0.2) is 43.8 Å². The number of rotatable bonds is 3. The van der Waals surface area contributed by atoms with E-state index >= 15 is 0 Å². The molecule has 1 heterocycles. The van der Waals surface area contributed by atoms with E-state index < -0.39 is 0 Å². The van der Waals surface area contributed by atoms with Gasteiger partial charge in [0.1, 0.15) is 6.61 Å². The van der Waals surface area contributed by atoms with Gasteiger partial charge >= 0.3 is 12.1 Å². The third-order valence-electron chi connectivity index (χ3n) is 2.61.